The molecule has 1 aromatic carbocycles. The summed E-state index contributed by atoms with van der Waals surface area (Å²) in [6, 6.07) is 6.54. The molecule has 0 radical (unpaired) electrons. The number of halogens is 2. The Bertz CT molecular complexity index is 716. The molecule has 2 heterocycles. The molecule has 0 spiro atoms. The lowest BCUT2D eigenvalue weighted by atomic mass is 9.99. The Labute approximate surface area is 138 Å². The second-order valence-electron chi connectivity index (χ2n) is 5.56. The van der Waals surface area contributed by atoms with E-state index in [2.05, 4.69) is 15.6 Å². The Morgan fingerprint density at radius 1 is 1.17 bits per heavy atom. The first-order chi connectivity index (χ1) is 11.6. The summed E-state index contributed by atoms with van der Waals surface area (Å²) in [6.07, 6.45) is 2.91. The molecule has 126 valence electrons. The van der Waals surface area contributed by atoms with Gasteiger partial charge in [-0.2, -0.15) is 0 Å². The van der Waals surface area contributed by atoms with Crippen LogP contribution in [0.4, 0.5) is 26.0 Å². The van der Waals surface area contributed by atoms with E-state index < -0.39 is 11.6 Å². The van der Waals surface area contributed by atoms with E-state index in [0.717, 1.165) is 12.1 Å². The van der Waals surface area contributed by atoms with Gasteiger partial charge in [0.15, 0.2) is 0 Å². The Kier molecular flexibility index (Phi) is 5.00. The smallest absolute Gasteiger partial charge is 0.227 e. The van der Waals surface area contributed by atoms with Crippen LogP contribution in [0.25, 0.3) is 0 Å². The van der Waals surface area contributed by atoms with E-state index in [-0.39, 0.29) is 17.5 Å². The standard InChI is InChI=1S/C17H17F2N3O2/c18-12-1-3-15(14(19)9-12)22-16-4-2-13(10-20-16)21-17(23)11-5-7-24-8-6-11/h1-4,9-11H,5-8H2,(H,20,22)(H,21,23). The van der Waals surface area contributed by atoms with Crippen LogP contribution < -0.4 is 10.6 Å². The van der Waals surface area contributed by atoms with Crippen molar-refractivity contribution in [1.82, 2.24) is 4.98 Å². The van der Waals surface area contributed by atoms with Gasteiger partial charge in [0.2, 0.25) is 5.91 Å². The fourth-order valence-electron chi connectivity index (χ4n) is 2.47. The molecule has 0 atom stereocenters. The molecule has 2 N–H and O–H groups in total. The van der Waals surface area contributed by atoms with E-state index in [4.69, 9.17) is 4.74 Å². The van der Waals surface area contributed by atoms with Crippen LogP contribution in [0.15, 0.2) is 36.5 Å². The van der Waals surface area contributed by atoms with E-state index in [1.54, 1.807) is 12.1 Å². The van der Waals surface area contributed by atoms with Crippen molar-refractivity contribution < 1.29 is 18.3 Å². The molecule has 5 nitrogen and oxygen atoms in total. The second kappa shape index (κ2) is 7.35. The molecule has 7 heteroatoms. The maximum Gasteiger partial charge on any atom is 0.227 e. The zero-order valence-electron chi connectivity index (χ0n) is 12.9. The van der Waals surface area contributed by atoms with Crippen molar-refractivity contribution in [3.63, 3.8) is 0 Å². The normalized spacial score (nSPS) is 15.1. The first-order valence-electron chi connectivity index (χ1n) is 7.68. The molecule has 0 bridgehead atoms. The van der Waals surface area contributed by atoms with E-state index in [0.29, 0.717) is 37.6 Å². The van der Waals surface area contributed by atoms with Crippen LogP contribution >= 0.6 is 0 Å². The molecule has 1 aromatic heterocycles. The summed E-state index contributed by atoms with van der Waals surface area (Å²) >= 11 is 0. The van der Waals surface area contributed by atoms with E-state index >= 15 is 0 Å². The summed E-state index contributed by atoms with van der Waals surface area (Å²) in [5.74, 6) is -1.05. The highest BCUT2D eigenvalue weighted by molar-refractivity contribution is 5.92. The van der Waals surface area contributed by atoms with Gasteiger partial charge in [0.05, 0.1) is 17.6 Å². The highest BCUT2D eigenvalue weighted by Gasteiger charge is 2.21. The largest absolute Gasteiger partial charge is 0.381 e. The number of benzene rings is 1. The third-order valence-electron chi connectivity index (χ3n) is 3.82. The van der Waals surface area contributed by atoms with Crippen molar-refractivity contribution in [1.29, 1.82) is 0 Å². The first kappa shape index (κ1) is 16.3. The molecule has 1 amide bonds. The zero-order chi connectivity index (χ0) is 16.9. The fraction of sp³-hybridized carbons (Fsp3) is 0.294. The summed E-state index contributed by atoms with van der Waals surface area (Å²) < 4.78 is 31.7. The van der Waals surface area contributed by atoms with Crippen LogP contribution in [0.5, 0.6) is 0 Å². The number of carbonyl (C=O) groups is 1. The summed E-state index contributed by atoms with van der Waals surface area (Å²) in [6.45, 7) is 1.20. The number of nitrogens with zero attached hydrogens (tertiary/aromatic N) is 1. The van der Waals surface area contributed by atoms with Crippen molar-refractivity contribution in [3.05, 3.63) is 48.2 Å². The van der Waals surface area contributed by atoms with Gasteiger partial charge in [0.25, 0.3) is 0 Å². The van der Waals surface area contributed by atoms with Crippen molar-refractivity contribution in [2.75, 3.05) is 23.8 Å². The molecular weight excluding hydrogens is 316 g/mol. The Hall–Kier alpha value is -2.54. The van der Waals surface area contributed by atoms with Crippen molar-refractivity contribution >= 4 is 23.1 Å². The second-order valence-corrected chi connectivity index (χ2v) is 5.56. The minimum absolute atomic E-state index is 0.0506. The Balaban J connectivity index is 1.61. The average molecular weight is 333 g/mol. The molecule has 0 unspecified atom stereocenters. The maximum atomic E-state index is 13.6. The quantitative estimate of drug-likeness (QED) is 0.899. The van der Waals surface area contributed by atoms with Crippen LogP contribution in [-0.4, -0.2) is 24.1 Å². The number of hydrogen-bond donors (Lipinski definition) is 2. The zero-order valence-corrected chi connectivity index (χ0v) is 12.9. The third-order valence-corrected chi connectivity index (χ3v) is 3.82. The maximum absolute atomic E-state index is 13.6. The number of rotatable bonds is 4. The monoisotopic (exact) mass is 333 g/mol. The minimum atomic E-state index is -0.700. The van der Waals surface area contributed by atoms with Gasteiger partial charge in [0.1, 0.15) is 17.5 Å². The number of aromatic nitrogens is 1. The summed E-state index contributed by atoms with van der Waals surface area (Å²) in [5.41, 5.74) is 0.694. The molecular formula is C17H17F2N3O2. The number of amides is 1. The molecule has 1 saturated heterocycles. The minimum Gasteiger partial charge on any atom is -0.381 e. The van der Waals surface area contributed by atoms with Crippen LogP contribution in [0.1, 0.15) is 12.8 Å². The van der Waals surface area contributed by atoms with Gasteiger partial charge in [-0.05, 0) is 37.1 Å². The highest BCUT2D eigenvalue weighted by atomic mass is 19.1. The lowest BCUT2D eigenvalue weighted by molar-refractivity contribution is -0.122. The molecule has 0 saturated carbocycles. The number of pyridine rings is 1. The average Bonchev–Trinajstić information content (AvgIpc) is 2.60. The first-order valence-corrected chi connectivity index (χ1v) is 7.68. The van der Waals surface area contributed by atoms with Gasteiger partial charge in [-0.1, -0.05) is 0 Å². The van der Waals surface area contributed by atoms with Gasteiger partial charge in [-0.15, -0.1) is 0 Å². The lowest BCUT2D eigenvalue weighted by Crippen LogP contribution is -2.28. The molecule has 1 aliphatic heterocycles. The molecule has 1 aliphatic rings. The van der Waals surface area contributed by atoms with E-state index in [1.165, 1.54) is 12.3 Å². The predicted molar refractivity (Wildman–Crippen MR) is 86.1 cm³/mol. The SMILES string of the molecule is O=C(Nc1ccc(Nc2ccc(F)cc2F)nc1)C1CCOCC1. The number of ether oxygens (including phenoxy) is 1. The molecule has 2 aromatic rings. The number of anilines is 3. The molecule has 0 aliphatic carbocycles. The number of hydrogen-bond acceptors (Lipinski definition) is 4. The predicted octanol–water partition coefficient (Wildman–Crippen LogP) is 3.47. The van der Waals surface area contributed by atoms with Crippen molar-refractivity contribution in [2.24, 2.45) is 5.92 Å². The van der Waals surface area contributed by atoms with Gasteiger partial charge >= 0.3 is 0 Å². The summed E-state index contributed by atoms with van der Waals surface area (Å²) in [7, 11) is 0. The summed E-state index contributed by atoms with van der Waals surface area (Å²) in [5, 5.41) is 5.57. The van der Waals surface area contributed by atoms with Crippen molar-refractivity contribution in [3.8, 4) is 0 Å². The molecule has 3 rings (SSSR count). The fourth-order valence-corrected chi connectivity index (χ4v) is 2.47. The number of carbonyl (C=O) groups excluding carboxylic acids is 1. The Morgan fingerprint density at radius 2 is 1.96 bits per heavy atom. The van der Waals surface area contributed by atoms with Crippen LogP contribution in [0.2, 0.25) is 0 Å². The molecule has 1 fully saturated rings. The van der Waals surface area contributed by atoms with Crippen LogP contribution in [-0.2, 0) is 9.53 Å². The van der Waals surface area contributed by atoms with Crippen LogP contribution in [0, 0.1) is 17.6 Å². The lowest BCUT2D eigenvalue weighted by Gasteiger charge is -2.21. The Morgan fingerprint density at radius 3 is 2.62 bits per heavy atom. The van der Waals surface area contributed by atoms with Crippen molar-refractivity contribution in [2.45, 2.75) is 12.8 Å². The molecule has 24 heavy (non-hydrogen) atoms. The van der Waals surface area contributed by atoms with Gasteiger partial charge < -0.3 is 15.4 Å². The van der Waals surface area contributed by atoms with Crippen LogP contribution in [0.3, 0.4) is 0 Å². The number of nitrogens with one attached hydrogen (secondary N) is 2. The van der Waals surface area contributed by atoms with E-state index in [1.807, 2.05) is 0 Å². The van der Waals surface area contributed by atoms with Gasteiger partial charge in [0, 0.05) is 25.2 Å². The van der Waals surface area contributed by atoms with Gasteiger partial charge in [-0.3, -0.25) is 4.79 Å². The topological polar surface area (TPSA) is 63.2 Å². The highest BCUT2D eigenvalue weighted by Crippen LogP contribution is 2.21. The van der Waals surface area contributed by atoms with E-state index in [9.17, 15) is 13.6 Å². The third kappa shape index (κ3) is 4.05. The summed E-state index contributed by atoms with van der Waals surface area (Å²) in [4.78, 5) is 16.2. The van der Waals surface area contributed by atoms with Gasteiger partial charge in [-0.25, -0.2) is 13.8 Å².